The maximum absolute atomic E-state index is 5.24. The van der Waals surface area contributed by atoms with Gasteiger partial charge in [0.1, 0.15) is 0 Å². The Balaban J connectivity index is 1.24. The maximum atomic E-state index is 5.24. The van der Waals surface area contributed by atoms with Crippen LogP contribution in [0.1, 0.15) is 25.0 Å². The van der Waals surface area contributed by atoms with Crippen molar-refractivity contribution >= 4 is 32.7 Å². The fraction of sp³-hybridized carbons (Fsp3) is 0.0714. The molecule has 45 heavy (non-hydrogen) atoms. The minimum atomic E-state index is -0.172. The van der Waals surface area contributed by atoms with E-state index < -0.39 is 0 Å². The van der Waals surface area contributed by atoms with Gasteiger partial charge in [0.2, 0.25) is 0 Å². The number of nitrogens with zero attached hydrogens (tertiary/aromatic N) is 3. The molecule has 0 N–H and O–H groups in total. The molecule has 3 aromatic heterocycles. The summed E-state index contributed by atoms with van der Waals surface area (Å²) in [6, 6.07) is 45.7. The van der Waals surface area contributed by atoms with E-state index in [4.69, 9.17) is 9.97 Å². The minimum Gasteiger partial charge on any atom is -0.254 e. The lowest BCUT2D eigenvalue weighted by molar-refractivity contribution is 0.662. The number of rotatable bonds is 3. The van der Waals surface area contributed by atoms with E-state index in [2.05, 4.69) is 134 Å². The number of para-hydroxylation sites is 1. The second-order valence-corrected chi connectivity index (χ2v) is 12.5. The molecule has 3 nitrogen and oxygen atoms in total. The van der Waals surface area contributed by atoms with Crippen molar-refractivity contribution < 1.29 is 0 Å². The zero-order valence-corrected chi connectivity index (χ0v) is 25.1. The molecule has 9 rings (SSSR count). The average molecular weight is 576 g/mol. The van der Waals surface area contributed by atoms with E-state index in [1.165, 1.54) is 44.3 Å². The Morgan fingerprint density at radius 2 is 1.18 bits per heavy atom. The zero-order valence-electron chi connectivity index (χ0n) is 25.1. The van der Waals surface area contributed by atoms with Crippen LogP contribution < -0.4 is 0 Å². The van der Waals surface area contributed by atoms with E-state index in [1.54, 1.807) is 0 Å². The first-order chi connectivity index (χ1) is 22.1. The van der Waals surface area contributed by atoms with Gasteiger partial charge in [-0.3, -0.25) is 9.97 Å². The van der Waals surface area contributed by atoms with E-state index in [1.807, 2.05) is 24.5 Å². The van der Waals surface area contributed by atoms with Crippen LogP contribution in [0, 0.1) is 0 Å². The number of fused-ring (bicyclic) bond motifs is 7. The van der Waals surface area contributed by atoms with E-state index in [-0.39, 0.29) is 5.41 Å². The molecule has 0 bridgehead atoms. The Kier molecular flexibility index (Phi) is 5.54. The van der Waals surface area contributed by atoms with Crippen molar-refractivity contribution in [3.05, 3.63) is 151 Å². The Morgan fingerprint density at radius 3 is 2.04 bits per heavy atom. The molecule has 0 radical (unpaired) electrons. The molecule has 8 aromatic rings. The molecule has 0 fully saturated rings. The molecule has 0 aliphatic heterocycles. The molecule has 3 heteroatoms. The minimum absolute atomic E-state index is 0.172. The van der Waals surface area contributed by atoms with Gasteiger partial charge >= 0.3 is 0 Å². The van der Waals surface area contributed by atoms with Crippen molar-refractivity contribution in [2.75, 3.05) is 0 Å². The molecule has 212 valence electrons. The zero-order chi connectivity index (χ0) is 30.1. The summed E-state index contributed by atoms with van der Waals surface area (Å²) in [4.78, 5) is 14.6. The maximum Gasteiger partial charge on any atom is 0.0970 e. The van der Waals surface area contributed by atoms with Crippen LogP contribution in [-0.2, 0) is 5.41 Å². The van der Waals surface area contributed by atoms with E-state index >= 15 is 0 Å². The van der Waals surface area contributed by atoms with Crippen LogP contribution in [0.15, 0.2) is 140 Å². The first-order valence-electron chi connectivity index (χ1n) is 15.4. The van der Waals surface area contributed by atoms with Gasteiger partial charge in [-0.25, -0.2) is 4.98 Å². The molecular weight excluding hydrogens is 546 g/mol. The molecule has 0 spiro atoms. The monoisotopic (exact) mass is 575 g/mol. The SMILES string of the molecule is CC1(C)c2ccccc2-c2nc3ccccc3c(-c3cccc(-c4cccc(-c5cc6cccnc6c6ncccc56)c4)c3)c21. The van der Waals surface area contributed by atoms with Crippen molar-refractivity contribution in [2.45, 2.75) is 19.3 Å². The lowest BCUT2D eigenvalue weighted by atomic mass is 9.78. The van der Waals surface area contributed by atoms with Gasteiger partial charge in [-0.05, 0) is 80.9 Å². The van der Waals surface area contributed by atoms with E-state index in [0.717, 1.165) is 44.1 Å². The quantitative estimate of drug-likeness (QED) is 0.197. The summed E-state index contributed by atoms with van der Waals surface area (Å²) in [7, 11) is 0. The summed E-state index contributed by atoms with van der Waals surface area (Å²) in [5, 5.41) is 3.38. The highest BCUT2D eigenvalue weighted by Gasteiger charge is 2.39. The van der Waals surface area contributed by atoms with Gasteiger partial charge in [-0.15, -0.1) is 0 Å². The largest absolute Gasteiger partial charge is 0.254 e. The molecule has 0 saturated carbocycles. The van der Waals surface area contributed by atoms with Crippen LogP contribution >= 0.6 is 0 Å². The van der Waals surface area contributed by atoms with Gasteiger partial charge < -0.3 is 0 Å². The third-order valence-electron chi connectivity index (χ3n) is 9.49. The second kappa shape index (κ2) is 9.67. The third kappa shape index (κ3) is 3.87. The molecule has 1 aliphatic rings. The first kappa shape index (κ1) is 25.8. The molecule has 1 aliphatic carbocycles. The lowest BCUT2D eigenvalue weighted by Crippen LogP contribution is -2.16. The fourth-order valence-corrected chi connectivity index (χ4v) is 7.42. The van der Waals surface area contributed by atoms with Gasteiger partial charge in [0.05, 0.1) is 22.2 Å². The third-order valence-corrected chi connectivity index (χ3v) is 9.49. The molecule has 0 amide bonds. The normalized spacial score (nSPS) is 13.3. The number of aromatic nitrogens is 3. The summed E-state index contributed by atoms with van der Waals surface area (Å²) in [6.07, 6.45) is 3.69. The van der Waals surface area contributed by atoms with E-state index in [0.29, 0.717) is 0 Å². The van der Waals surface area contributed by atoms with Gasteiger partial charge in [-0.1, -0.05) is 105 Å². The van der Waals surface area contributed by atoms with Crippen molar-refractivity contribution in [1.82, 2.24) is 15.0 Å². The Bertz CT molecular complexity index is 2470. The van der Waals surface area contributed by atoms with Crippen molar-refractivity contribution in [3.63, 3.8) is 0 Å². The smallest absolute Gasteiger partial charge is 0.0970 e. The Morgan fingerprint density at radius 1 is 0.511 bits per heavy atom. The predicted molar refractivity (Wildman–Crippen MR) is 186 cm³/mol. The first-order valence-corrected chi connectivity index (χ1v) is 15.4. The average Bonchev–Trinajstić information content (AvgIpc) is 3.32. The molecular formula is C42H29N3. The van der Waals surface area contributed by atoms with Crippen LogP contribution in [0.3, 0.4) is 0 Å². The molecule has 5 aromatic carbocycles. The number of benzene rings is 5. The van der Waals surface area contributed by atoms with Gasteiger partial charge in [0.25, 0.3) is 0 Å². The number of hydrogen-bond donors (Lipinski definition) is 0. The van der Waals surface area contributed by atoms with Gasteiger partial charge in [0, 0.05) is 39.5 Å². The van der Waals surface area contributed by atoms with Crippen LogP contribution in [-0.4, -0.2) is 15.0 Å². The van der Waals surface area contributed by atoms with Crippen LogP contribution in [0.5, 0.6) is 0 Å². The molecule has 0 unspecified atom stereocenters. The number of pyridine rings is 3. The standard InChI is InChI=1S/C42H29N3/c1-42(2)35-19-5-3-16-32(35)40-38(42)37(33-17-4-6-20-36(33)45-40)29-14-8-12-27(24-29)26-11-7-13-28(23-26)34-25-30-15-9-21-43-39(30)41-31(34)18-10-22-44-41/h3-25H,1-2H3. The highest BCUT2D eigenvalue weighted by atomic mass is 14.7. The van der Waals surface area contributed by atoms with Crippen molar-refractivity contribution in [2.24, 2.45) is 0 Å². The highest BCUT2D eigenvalue weighted by molar-refractivity contribution is 6.10. The predicted octanol–water partition coefficient (Wildman–Crippen LogP) is 10.6. The molecule has 0 atom stereocenters. The van der Waals surface area contributed by atoms with Gasteiger partial charge in [0.15, 0.2) is 0 Å². The molecule has 3 heterocycles. The summed E-state index contributed by atoms with van der Waals surface area (Å²) >= 11 is 0. The second-order valence-electron chi connectivity index (χ2n) is 12.5. The highest BCUT2D eigenvalue weighted by Crippen LogP contribution is 2.53. The Labute approximate surface area is 261 Å². The van der Waals surface area contributed by atoms with Crippen LogP contribution in [0.2, 0.25) is 0 Å². The van der Waals surface area contributed by atoms with Crippen molar-refractivity contribution in [3.8, 4) is 44.6 Å². The van der Waals surface area contributed by atoms with Crippen molar-refractivity contribution in [1.29, 1.82) is 0 Å². The van der Waals surface area contributed by atoms with Crippen LogP contribution in [0.25, 0.3) is 77.3 Å². The van der Waals surface area contributed by atoms with Crippen LogP contribution in [0.4, 0.5) is 0 Å². The number of hydrogen-bond acceptors (Lipinski definition) is 3. The fourth-order valence-electron chi connectivity index (χ4n) is 7.42. The summed E-state index contributed by atoms with van der Waals surface area (Å²) in [5.41, 5.74) is 14.9. The van der Waals surface area contributed by atoms with E-state index in [9.17, 15) is 0 Å². The summed E-state index contributed by atoms with van der Waals surface area (Å²) in [5.74, 6) is 0. The molecule has 0 saturated heterocycles. The van der Waals surface area contributed by atoms with Gasteiger partial charge in [-0.2, -0.15) is 0 Å². The Hall–Kier alpha value is -5.67. The summed E-state index contributed by atoms with van der Waals surface area (Å²) in [6.45, 7) is 4.67. The summed E-state index contributed by atoms with van der Waals surface area (Å²) < 4.78 is 0. The lowest BCUT2D eigenvalue weighted by Gasteiger charge is -2.25. The topological polar surface area (TPSA) is 38.7 Å².